The van der Waals surface area contributed by atoms with Crippen LogP contribution in [0, 0.1) is 5.92 Å². The highest BCUT2D eigenvalue weighted by atomic mass is 15.3. The van der Waals surface area contributed by atoms with Gasteiger partial charge in [-0.1, -0.05) is 65.3 Å². The summed E-state index contributed by atoms with van der Waals surface area (Å²) in [6.07, 6.45) is 2.80. The largest absolute Gasteiger partial charge is 0.362 e. The van der Waals surface area contributed by atoms with Crippen LogP contribution in [0.3, 0.4) is 0 Å². The average molecular weight is 352 g/mol. The molecule has 1 unspecified atom stereocenters. The summed E-state index contributed by atoms with van der Waals surface area (Å²) in [5.41, 5.74) is 6.28. The molecule has 0 spiro atoms. The molecule has 3 rings (SSSR count). The third-order valence-electron chi connectivity index (χ3n) is 5.22. The molecule has 1 atom stereocenters. The van der Waals surface area contributed by atoms with Crippen molar-refractivity contribution in [2.75, 3.05) is 22.1 Å². The molecular weight excluding hydrogens is 318 g/mol. The molecule has 0 amide bonds. The van der Waals surface area contributed by atoms with Gasteiger partial charge in [0.05, 0.1) is 17.1 Å². The molecule has 2 aromatic carbocycles. The molecular formula is C23H33N3. The van der Waals surface area contributed by atoms with Crippen LogP contribution in [0.4, 0.5) is 22.7 Å². The monoisotopic (exact) mass is 351 g/mol. The van der Waals surface area contributed by atoms with E-state index in [0.717, 1.165) is 6.54 Å². The van der Waals surface area contributed by atoms with Crippen LogP contribution in [0.5, 0.6) is 0 Å². The predicted molar refractivity (Wildman–Crippen MR) is 115 cm³/mol. The molecule has 0 radical (unpaired) electrons. The van der Waals surface area contributed by atoms with Crippen molar-refractivity contribution in [2.45, 2.75) is 59.5 Å². The molecule has 2 N–H and O–H groups in total. The van der Waals surface area contributed by atoms with Gasteiger partial charge in [0.2, 0.25) is 0 Å². The van der Waals surface area contributed by atoms with Crippen LogP contribution in [0.1, 0.15) is 58.9 Å². The van der Waals surface area contributed by atoms with E-state index in [9.17, 15) is 0 Å². The van der Waals surface area contributed by atoms with E-state index in [1.807, 2.05) is 0 Å². The molecule has 3 heteroatoms. The number of nitrogens with one attached hydrogen (secondary N) is 2. The van der Waals surface area contributed by atoms with Gasteiger partial charge in [-0.25, -0.2) is 0 Å². The Hall–Kier alpha value is -2.16. The minimum atomic E-state index is 0.361. The summed E-state index contributed by atoms with van der Waals surface area (Å²) in [6.45, 7) is 12.4. The topological polar surface area (TPSA) is 27.3 Å². The zero-order valence-corrected chi connectivity index (χ0v) is 16.8. The lowest BCUT2D eigenvalue weighted by molar-refractivity contribution is 0.502. The van der Waals surface area contributed by atoms with E-state index in [2.05, 4.69) is 92.6 Å². The van der Waals surface area contributed by atoms with Crippen LogP contribution in [0.15, 0.2) is 42.5 Å². The second-order valence-corrected chi connectivity index (χ2v) is 7.95. The summed E-state index contributed by atoms with van der Waals surface area (Å²) >= 11 is 0. The Balaban J connectivity index is 1.94. The summed E-state index contributed by atoms with van der Waals surface area (Å²) in [5.74, 6) is 1.04. The van der Waals surface area contributed by atoms with Gasteiger partial charge in [-0.15, -0.1) is 0 Å². The average Bonchev–Trinajstić information content (AvgIpc) is 3.00. The molecule has 0 saturated carbocycles. The van der Waals surface area contributed by atoms with Crippen molar-refractivity contribution in [1.82, 2.24) is 0 Å². The van der Waals surface area contributed by atoms with E-state index in [4.69, 9.17) is 0 Å². The SMILES string of the molecule is CCCCN1c2cccc(Nc3ccccc3C(C)C)c2NC1C(C)C. The first-order chi connectivity index (χ1) is 12.5. The molecule has 0 aromatic heterocycles. The van der Waals surface area contributed by atoms with Crippen LogP contribution >= 0.6 is 0 Å². The Morgan fingerprint density at radius 2 is 1.73 bits per heavy atom. The summed E-state index contributed by atoms with van der Waals surface area (Å²) in [4.78, 5) is 2.54. The highest BCUT2D eigenvalue weighted by molar-refractivity contribution is 5.89. The van der Waals surface area contributed by atoms with Gasteiger partial charge in [-0.3, -0.25) is 0 Å². The summed E-state index contributed by atoms with van der Waals surface area (Å²) in [5, 5.41) is 7.50. The first-order valence-electron chi connectivity index (χ1n) is 10.0. The first kappa shape index (κ1) is 18.6. The van der Waals surface area contributed by atoms with Crippen molar-refractivity contribution in [3.63, 3.8) is 0 Å². The van der Waals surface area contributed by atoms with E-state index in [-0.39, 0.29) is 0 Å². The van der Waals surface area contributed by atoms with Crippen LogP contribution in [0.25, 0.3) is 0 Å². The summed E-state index contributed by atoms with van der Waals surface area (Å²) in [6, 6.07) is 15.2. The van der Waals surface area contributed by atoms with E-state index in [0.29, 0.717) is 18.0 Å². The molecule has 0 saturated heterocycles. The number of nitrogens with zero attached hydrogens (tertiary/aromatic N) is 1. The maximum atomic E-state index is 3.79. The zero-order valence-electron chi connectivity index (χ0n) is 16.8. The van der Waals surface area contributed by atoms with Gasteiger partial charge in [0, 0.05) is 12.2 Å². The molecule has 1 heterocycles. The molecule has 140 valence electrons. The fourth-order valence-corrected chi connectivity index (χ4v) is 3.78. The van der Waals surface area contributed by atoms with Crippen molar-refractivity contribution in [3.8, 4) is 0 Å². The number of para-hydroxylation sites is 2. The number of hydrogen-bond donors (Lipinski definition) is 2. The second-order valence-electron chi connectivity index (χ2n) is 7.95. The Morgan fingerprint density at radius 1 is 1.00 bits per heavy atom. The van der Waals surface area contributed by atoms with Gasteiger partial charge in [0.25, 0.3) is 0 Å². The summed E-state index contributed by atoms with van der Waals surface area (Å²) < 4.78 is 0. The molecule has 1 aliphatic heterocycles. The van der Waals surface area contributed by atoms with Gasteiger partial charge < -0.3 is 15.5 Å². The smallest absolute Gasteiger partial charge is 0.101 e. The van der Waals surface area contributed by atoms with Gasteiger partial charge in [-0.05, 0) is 42.0 Å². The van der Waals surface area contributed by atoms with Crippen LogP contribution in [-0.4, -0.2) is 12.7 Å². The number of benzene rings is 2. The van der Waals surface area contributed by atoms with Gasteiger partial charge >= 0.3 is 0 Å². The second kappa shape index (κ2) is 8.03. The number of fused-ring (bicyclic) bond motifs is 1. The van der Waals surface area contributed by atoms with E-state index < -0.39 is 0 Å². The lowest BCUT2D eigenvalue weighted by Crippen LogP contribution is -2.40. The lowest BCUT2D eigenvalue weighted by Gasteiger charge is -2.29. The van der Waals surface area contributed by atoms with Gasteiger partial charge in [0.15, 0.2) is 0 Å². The quantitative estimate of drug-likeness (QED) is 0.591. The van der Waals surface area contributed by atoms with Crippen LogP contribution < -0.4 is 15.5 Å². The maximum absolute atomic E-state index is 3.79. The molecule has 0 fully saturated rings. The molecule has 2 aromatic rings. The highest BCUT2D eigenvalue weighted by Crippen LogP contribution is 2.43. The Morgan fingerprint density at radius 3 is 2.42 bits per heavy atom. The first-order valence-corrected chi connectivity index (χ1v) is 10.0. The maximum Gasteiger partial charge on any atom is 0.101 e. The van der Waals surface area contributed by atoms with Crippen LogP contribution in [-0.2, 0) is 0 Å². The molecule has 1 aliphatic rings. The van der Waals surface area contributed by atoms with Crippen molar-refractivity contribution >= 4 is 22.7 Å². The third-order valence-corrected chi connectivity index (χ3v) is 5.22. The third kappa shape index (κ3) is 3.67. The predicted octanol–water partition coefficient (Wildman–Crippen LogP) is 6.57. The Kier molecular flexibility index (Phi) is 5.75. The fraction of sp³-hybridized carbons (Fsp3) is 0.478. The Bertz CT molecular complexity index is 736. The van der Waals surface area contributed by atoms with Crippen molar-refractivity contribution in [3.05, 3.63) is 48.0 Å². The van der Waals surface area contributed by atoms with Crippen LogP contribution in [0.2, 0.25) is 0 Å². The fourth-order valence-electron chi connectivity index (χ4n) is 3.78. The van der Waals surface area contributed by atoms with E-state index in [1.165, 1.54) is 41.2 Å². The summed E-state index contributed by atoms with van der Waals surface area (Å²) in [7, 11) is 0. The molecule has 3 nitrogen and oxygen atoms in total. The number of unbranched alkanes of at least 4 members (excludes halogenated alkanes) is 1. The van der Waals surface area contributed by atoms with Gasteiger partial charge in [0.1, 0.15) is 6.17 Å². The van der Waals surface area contributed by atoms with E-state index >= 15 is 0 Å². The van der Waals surface area contributed by atoms with E-state index in [1.54, 1.807) is 0 Å². The van der Waals surface area contributed by atoms with Gasteiger partial charge in [-0.2, -0.15) is 0 Å². The highest BCUT2D eigenvalue weighted by Gasteiger charge is 2.32. The minimum absolute atomic E-state index is 0.361. The Labute approximate surface area is 158 Å². The molecule has 0 bridgehead atoms. The lowest BCUT2D eigenvalue weighted by atomic mass is 10.0. The van der Waals surface area contributed by atoms with Crippen molar-refractivity contribution < 1.29 is 0 Å². The number of anilines is 4. The normalized spacial score (nSPS) is 16.1. The number of rotatable bonds is 7. The minimum Gasteiger partial charge on any atom is -0.362 e. The number of hydrogen-bond acceptors (Lipinski definition) is 3. The zero-order chi connectivity index (χ0) is 18.7. The van der Waals surface area contributed by atoms with Crippen molar-refractivity contribution in [1.29, 1.82) is 0 Å². The molecule has 26 heavy (non-hydrogen) atoms. The van der Waals surface area contributed by atoms with Crippen molar-refractivity contribution in [2.24, 2.45) is 5.92 Å². The molecule has 0 aliphatic carbocycles. The standard InChI is InChI=1S/C23H33N3/c1-6-7-15-26-21-14-10-13-20(22(21)25-23(26)17(4)5)24-19-12-9-8-11-18(19)16(2)3/h8-14,16-17,23-25H,6-7,15H2,1-5H3.